The molecule has 0 heterocycles. The molecule has 1 unspecified atom stereocenters. The van der Waals surface area contributed by atoms with Crippen molar-refractivity contribution in [3.8, 4) is 0 Å². The van der Waals surface area contributed by atoms with E-state index < -0.39 is 0 Å². The number of hydrogen-bond acceptors (Lipinski definition) is 5. The number of anilines is 1. The Morgan fingerprint density at radius 2 is 2.28 bits per heavy atom. The molecule has 0 radical (unpaired) electrons. The summed E-state index contributed by atoms with van der Waals surface area (Å²) in [7, 11) is 1.69. The summed E-state index contributed by atoms with van der Waals surface area (Å²) in [6, 6.07) is 5.08. The lowest BCUT2D eigenvalue weighted by molar-refractivity contribution is -0.384. The van der Waals surface area contributed by atoms with Crippen molar-refractivity contribution in [1.29, 1.82) is 0 Å². The van der Waals surface area contributed by atoms with E-state index in [9.17, 15) is 10.1 Å². The fourth-order valence-corrected chi connectivity index (χ4v) is 2.62. The molecule has 0 bridgehead atoms. The molecule has 0 aromatic heterocycles. The Kier molecular flexibility index (Phi) is 5.94. The molecule has 0 fully saturated rings. The average molecular weight is 270 g/mol. The molecule has 0 saturated carbocycles. The van der Waals surface area contributed by atoms with Gasteiger partial charge >= 0.3 is 0 Å². The molecule has 0 spiro atoms. The number of nitro groups is 1. The van der Waals surface area contributed by atoms with Gasteiger partial charge in [-0.2, -0.15) is 11.8 Å². The number of benzene rings is 1. The maximum absolute atomic E-state index is 10.9. The molecule has 0 saturated heterocycles. The van der Waals surface area contributed by atoms with Gasteiger partial charge in [-0.1, -0.05) is 19.1 Å². The molecule has 0 amide bonds. The highest BCUT2D eigenvalue weighted by atomic mass is 32.2. The van der Waals surface area contributed by atoms with Crippen molar-refractivity contribution in [2.75, 3.05) is 19.0 Å². The van der Waals surface area contributed by atoms with Crippen molar-refractivity contribution >= 4 is 23.1 Å². The fourth-order valence-electron chi connectivity index (χ4n) is 1.64. The topological polar surface area (TPSA) is 75.4 Å². The standard InChI is InChI=1S/C12H18N2O3S/c1-9(6-7-15)18-8-10-4-3-5-11(14(16)17)12(10)13-2/h3-5,9,13,15H,6-8H2,1-2H3. The van der Waals surface area contributed by atoms with Gasteiger partial charge in [0.2, 0.25) is 0 Å². The van der Waals surface area contributed by atoms with Crippen LogP contribution in [0.2, 0.25) is 0 Å². The van der Waals surface area contributed by atoms with E-state index in [1.165, 1.54) is 6.07 Å². The number of para-hydroxylation sites is 1. The highest BCUT2D eigenvalue weighted by molar-refractivity contribution is 7.99. The molecule has 6 heteroatoms. The lowest BCUT2D eigenvalue weighted by Crippen LogP contribution is -2.03. The maximum Gasteiger partial charge on any atom is 0.292 e. The molecule has 1 aromatic rings. The van der Waals surface area contributed by atoms with E-state index >= 15 is 0 Å². The van der Waals surface area contributed by atoms with Crippen LogP contribution in [-0.4, -0.2) is 28.9 Å². The highest BCUT2D eigenvalue weighted by Crippen LogP contribution is 2.31. The zero-order valence-electron chi connectivity index (χ0n) is 10.5. The van der Waals surface area contributed by atoms with Crippen LogP contribution in [0.1, 0.15) is 18.9 Å². The average Bonchev–Trinajstić information content (AvgIpc) is 2.36. The summed E-state index contributed by atoms with van der Waals surface area (Å²) in [5, 5.41) is 23.0. The first-order valence-electron chi connectivity index (χ1n) is 5.76. The Hall–Kier alpha value is -1.27. The third kappa shape index (κ3) is 3.89. The second kappa shape index (κ2) is 7.23. The highest BCUT2D eigenvalue weighted by Gasteiger charge is 2.16. The van der Waals surface area contributed by atoms with Crippen LogP contribution < -0.4 is 5.32 Å². The second-order valence-electron chi connectivity index (χ2n) is 3.95. The van der Waals surface area contributed by atoms with E-state index in [2.05, 4.69) is 5.32 Å². The van der Waals surface area contributed by atoms with E-state index in [4.69, 9.17) is 5.11 Å². The predicted molar refractivity (Wildman–Crippen MR) is 75.1 cm³/mol. The van der Waals surface area contributed by atoms with Crippen LogP contribution in [0.3, 0.4) is 0 Å². The molecule has 1 atom stereocenters. The molecule has 100 valence electrons. The number of nitrogens with zero attached hydrogens (tertiary/aromatic N) is 1. The van der Waals surface area contributed by atoms with Crippen molar-refractivity contribution < 1.29 is 10.0 Å². The molecule has 0 aliphatic carbocycles. The minimum Gasteiger partial charge on any atom is -0.396 e. The number of nitro benzene ring substituents is 1. The third-order valence-corrected chi connectivity index (χ3v) is 3.92. The maximum atomic E-state index is 10.9. The van der Waals surface area contributed by atoms with Gasteiger partial charge < -0.3 is 10.4 Å². The Labute approximate surface area is 111 Å². The van der Waals surface area contributed by atoms with Crippen LogP contribution in [0, 0.1) is 10.1 Å². The Morgan fingerprint density at radius 1 is 1.56 bits per heavy atom. The first kappa shape index (κ1) is 14.8. The Morgan fingerprint density at radius 3 is 2.83 bits per heavy atom. The summed E-state index contributed by atoms with van der Waals surface area (Å²) in [6.45, 7) is 2.21. The smallest absolute Gasteiger partial charge is 0.292 e. The Balaban J connectivity index is 2.82. The van der Waals surface area contributed by atoms with E-state index in [0.29, 0.717) is 16.7 Å². The van der Waals surface area contributed by atoms with Crippen LogP contribution in [0.4, 0.5) is 11.4 Å². The van der Waals surface area contributed by atoms with Gasteiger partial charge in [-0.05, 0) is 12.0 Å². The summed E-state index contributed by atoms with van der Waals surface area (Å²) in [5.74, 6) is 0.693. The lowest BCUT2D eigenvalue weighted by atomic mass is 10.1. The Bertz CT molecular complexity index is 412. The van der Waals surface area contributed by atoms with Crippen molar-refractivity contribution in [3.63, 3.8) is 0 Å². The summed E-state index contributed by atoms with van der Waals surface area (Å²) >= 11 is 1.68. The summed E-state index contributed by atoms with van der Waals surface area (Å²) in [6.07, 6.45) is 0.731. The van der Waals surface area contributed by atoms with Crippen molar-refractivity contribution in [1.82, 2.24) is 0 Å². The summed E-state index contributed by atoms with van der Waals surface area (Å²) < 4.78 is 0. The lowest BCUT2D eigenvalue weighted by Gasteiger charge is -2.12. The SMILES string of the molecule is CNc1c(CSC(C)CCO)cccc1[N+](=O)[O-]. The predicted octanol–water partition coefficient (Wildman–Crippen LogP) is 2.64. The second-order valence-corrected chi connectivity index (χ2v) is 5.38. The van der Waals surface area contributed by atoms with Gasteiger partial charge in [0.1, 0.15) is 5.69 Å². The van der Waals surface area contributed by atoms with Crippen LogP contribution in [0.25, 0.3) is 0 Å². The van der Waals surface area contributed by atoms with Crippen LogP contribution in [0.5, 0.6) is 0 Å². The van der Waals surface area contributed by atoms with Gasteiger partial charge in [0.25, 0.3) is 5.69 Å². The minimum absolute atomic E-state index is 0.102. The van der Waals surface area contributed by atoms with Crippen molar-refractivity contribution in [3.05, 3.63) is 33.9 Å². The summed E-state index contributed by atoms with van der Waals surface area (Å²) in [4.78, 5) is 10.5. The molecule has 18 heavy (non-hydrogen) atoms. The quantitative estimate of drug-likeness (QED) is 0.588. The molecule has 0 aliphatic rings. The summed E-state index contributed by atoms with van der Waals surface area (Å²) in [5.41, 5.74) is 1.60. The van der Waals surface area contributed by atoms with E-state index in [0.717, 1.165) is 12.0 Å². The number of nitrogens with one attached hydrogen (secondary N) is 1. The number of aliphatic hydroxyl groups excluding tert-OH is 1. The number of hydrogen-bond donors (Lipinski definition) is 2. The van der Waals surface area contributed by atoms with Gasteiger partial charge in [-0.15, -0.1) is 0 Å². The first-order valence-corrected chi connectivity index (χ1v) is 6.81. The van der Waals surface area contributed by atoms with E-state index in [1.54, 1.807) is 24.9 Å². The number of thioether (sulfide) groups is 1. The molecule has 5 nitrogen and oxygen atoms in total. The molecule has 2 N–H and O–H groups in total. The van der Waals surface area contributed by atoms with Crippen molar-refractivity contribution in [2.24, 2.45) is 0 Å². The fraction of sp³-hybridized carbons (Fsp3) is 0.500. The molecular weight excluding hydrogens is 252 g/mol. The van der Waals surface area contributed by atoms with Gasteiger partial charge in [-0.25, -0.2) is 0 Å². The third-order valence-electron chi connectivity index (χ3n) is 2.63. The van der Waals surface area contributed by atoms with E-state index in [1.807, 2.05) is 13.0 Å². The van der Waals surface area contributed by atoms with Gasteiger partial charge in [0, 0.05) is 30.7 Å². The largest absolute Gasteiger partial charge is 0.396 e. The molecular formula is C12H18N2O3S. The normalized spacial score (nSPS) is 12.2. The van der Waals surface area contributed by atoms with Gasteiger partial charge in [0.05, 0.1) is 4.92 Å². The van der Waals surface area contributed by atoms with Crippen LogP contribution >= 0.6 is 11.8 Å². The minimum atomic E-state index is -0.378. The van der Waals surface area contributed by atoms with Gasteiger partial charge in [0.15, 0.2) is 0 Å². The molecule has 1 aromatic carbocycles. The van der Waals surface area contributed by atoms with Crippen LogP contribution in [0.15, 0.2) is 18.2 Å². The zero-order valence-corrected chi connectivity index (χ0v) is 11.4. The van der Waals surface area contributed by atoms with Crippen LogP contribution in [-0.2, 0) is 5.75 Å². The molecule has 0 aliphatic heterocycles. The molecule has 1 rings (SSSR count). The zero-order chi connectivity index (χ0) is 13.5. The number of aliphatic hydroxyl groups is 1. The number of rotatable bonds is 7. The monoisotopic (exact) mass is 270 g/mol. The van der Waals surface area contributed by atoms with Crippen molar-refractivity contribution in [2.45, 2.75) is 24.3 Å². The first-order chi connectivity index (χ1) is 8.60. The van der Waals surface area contributed by atoms with Gasteiger partial charge in [-0.3, -0.25) is 10.1 Å². The van der Waals surface area contributed by atoms with E-state index in [-0.39, 0.29) is 17.2 Å².